The molecule has 0 aliphatic rings. The third-order valence-corrected chi connectivity index (χ3v) is 2.90. The molecule has 4 nitrogen and oxygen atoms in total. The van der Waals surface area contributed by atoms with E-state index in [0.29, 0.717) is 6.42 Å². The first kappa shape index (κ1) is 11.7. The molecular formula is C13H16N2O2. The van der Waals surface area contributed by atoms with E-state index in [1.807, 2.05) is 24.4 Å². The lowest BCUT2D eigenvalue weighted by Crippen LogP contribution is -2.31. The molecule has 2 rings (SSSR count). The van der Waals surface area contributed by atoms with Crippen molar-refractivity contribution in [2.45, 2.75) is 18.9 Å². The van der Waals surface area contributed by atoms with Crippen LogP contribution in [0.15, 0.2) is 30.5 Å². The number of aromatic amines is 1. The fraction of sp³-hybridized carbons (Fsp3) is 0.308. The number of hydrogen-bond acceptors (Lipinski definition) is 3. The maximum atomic E-state index is 11.2. The first-order valence-corrected chi connectivity index (χ1v) is 5.61. The van der Waals surface area contributed by atoms with Gasteiger partial charge in [0.1, 0.15) is 6.04 Å². The zero-order chi connectivity index (χ0) is 12.3. The van der Waals surface area contributed by atoms with Crippen LogP contribution in [0, 0.1) is 0 Å². The molecule has 4 heteroatoms. The molecule has 0 fully saturated rings. The Morgan fingerprint density at radius 1 is 1.47 bits per heavy atom. The van der Waals surface area contributed by atoms with Crippen LogP contribution in [-0.4, -0.2) is 24.1 Å². The average Bonchev–Trinajstić information content (AvgIpc) is 2.78. The summed E-state index contributed by atoms with van der Waals surface area (Å²) in [6.45, 7) is 0. The van der Waals surface area contributed by atoms with Gasteiger partial charge in [0.25, 0.3) is 0 Å². The molecular weight excluding hydrogens is 216 g/mol. The fourth-order valence-electron chi connectivity index (χ4n) is 1.92. The highest BCUT2D eigenvalue weighted by Gasteiger charge is 2.14. The number of esters is 1. The van der Waals surface area contributed by atoms with Crippen molar-refractivity contribution in [3.63, 3.8) is 0 Å². The molecule has 2 aromatic rings. The molecule has 1 atom stereocenters. The zero-order valence-corrected chi connectivity index (χ0v) is 9.77. The number of nitrogens with one attached hydrogen (secondary N) is 1. The van der Waals surface area contributed by atoms with Crippen LogP contribution in [-0.2, 0) is 16.0 Å². The first-order chi connectivity index (χ1) is 8.22. The van der Waals surface area contributed by atoms with E-state index >= 15 is 0 Å². The van der Waals surface area contributed by atoms with Crippen LogP contribution in [0.3, 0.4) is 0 Å². The summed E-state index contributed by atoms with van der Waals surface area (Å²) in [5.74, 6) is -0.357. The smallest absolute Gasteiger partial charge is 0.322 e. The minimum atomic E-state index is -0.548. The number of ether oxygens (including phenoxy) is 1. The second kappa shape index (κ2) is 5.01. The van der Waals surface area contributed by atoms with Crippen LogP contribution >= 0.6 is 0 Å². The van der Waals surface area contributed by atoms with E-state index in [0.717, 1.165) is 11.9 Å². The molecule has 1 heterocycles. The topological polar surface area (TPSA) is 68.1 Å². The van der Waals surface area contributed by atoms with Gasteiger partial charge in [0.15, 0.2) is 0 Å². The van der Waals surface area contributed by atoms with Crippen LogP contribution in [0.1, 0.15) is 12.0 Å². The van der Waals surface area contributed by atoms with Gasteiger partial charge in [-0.2, -0.15) is 0 Å². The van der Waals surface area contributed by atoms with Crippen molar-refractivity contribution in [2.75, 3.05) is 7.11 Å². The second-order valence-electron chi connectivity index (χ2n) is 4.03. The summed E-state index contributed by atoms with van der Waals surface area (Å²) in [5.41, 5.74) is 7.99. The van der Waals surface area contributed by atoms with Crippen LogP contribution in [0.25, 0.3) is 10.9 Å². The Morgan fingerprint density at radius 2 is 2.24 bits per heavy atom. The van der Waals surface area contributed by atoms with E-state index in [4.69, 9.17) is 5.73 Å². The number of carbonyl (C=O) groups is 1. The van der Waals surface area contributed by atoms with E-state index < -0.39 is 6.04 Å². The van der Waals surface area contributed by atoms with E-state index in [1.165, 1.54) is 18.1 Å². The minimum Gasteiger partial charge on any atom is -0.468 e. The molecule has 17 heavy (non-hydrogen) atoms. The Kier molecular flexibility index (Phi) is 3.44. The average molecular weight is 232 g/mol. The van der Waals surface area contributed by atoms with Crippen molar-refractivity contribution in [3.05, 3.63) is 36.0 Å². The fourth-order valence-corrected chi connectivity index (χ4v) is 1.92. The Balaban J connectivity index is 2.07. The number of hydrogen-bond donors (Lipinski definition) is 2. The standard InChI is InChI=1S/C13H16N2O2/c1-17-13(16)11(14)7-6-9-8-15-12-5-3-2-4-10(9)12/h2-5,8,11,15H,6-7,14H2,1H3. The van der Waals surface area contributed by atoms with Gasteiger partial charge in [-0.1, -0.05) is 18.2 Å². The molecule has 1 aromatic heterocycles. The van der Waals surface area contributed by atoms with Crippen LogP contribution in [0.5, 0.6) is 0 Å². The molecule has 90 valence electrons. The Morgan fingerprint density at radius 3 is 3.00 bits per heavy atom. The molecule has 0 bridgehead atoms. The van der Waals surface area contributed by atoms with Crippen LogP contribution < -0.4 is 5.73 Å². The number of aromatic nitrogens is 1. The number of benzene rings is 1. The Hall–Kier alpha value is -1.81. The SMILES string of the molecule is COC(=O)C(N)CCc1c[nH]c2ccccc12. The predicted molar refractivity (Wildman–Crippen MR) is 66.6 cm³/mol. The van der Waals surface area contributed by atoms with Crippen LogP contribution in [0.2, 0.25) is 0 Å². The van der Waals surface area contributed by atoms with Gasteiger partial charge < -0.3 is 15.5 Å². The molecule has 3 N–H and O–H groups in total. The molecule has 1 aromatic carbocycles. The molecule has 0 radical (unpaired) electrons. The number of aryl methyl sites for hydroxylation is 1. The highest BCUT2D eigenvalue weighted by Crippen LogP contribution is 2.19. The minimum absolute atomic E-state index is 0.357. The molecule has 1 unspecified atom stereocenters. The van der Waals surface area contributed by atoms with Gasteiger partial charge in [0.2, 0.25) is 0 Å². The third kappa shape index (κ3) is 2.47. The quantitative estimate of drug-likeness (QED) is 0.787. The third-order valence-electron chi connectivity index (χ3n) is 2.90. The maximum Gasteiger partial charge on any atom is 0.322 e. The van der Waals surface area contributed by atoms with Crippen molar-refractivity contribution >= 4 is 16.9 Å². The lowest BCUT2D eigenvalue weighted by atomic mass is 10.1. The highest BCUT2D eigenvalue weighted by atomic mass is 16.5. The largest absolute Gasteiger partial charge is 0.468 e. The molecule has 0 amide bonds. The summed E-state index contributed by atoms with van der Waals surface area (Å²) >= 11 is 0. The second-order valence-corrected chi connectivity index (χ2v) is 4.03. The number of nitrogens with two attached hydrogens (primary N) is 1. The monoisotopic (exact) mass is 232 g/mol. The van der Waals surface area contributed by atoms with Gasteiger partial charge in [0, 0.05) is 17.1 Å². The van der Waals surface area contributed by atoms with Gasteiger partial charge in [-0.3, -0.25) is 4.79 Å². The van der Waals surface area contributed by atoms with E-state index in [1.54, 1.807) is 0 Å². The number of methoxy groups -OCH3 is 1. The van der Waals surface area contributed by atoms with Crippen molar-refractivity contribution < 1.29 is 9.53 Å². The summed E-state index contributed by atoms with van der Waals surface area (Å²) in [7, 11) is 1.36. The van der Waals surface area contributed by atoms with Gasteiger partial charge in [0.05, 0.1) is 7.11 Å². The van der Waals surface area contributed by atoms with Crippen molar-refractivity contribution in [1.29, 1.82) is 0 Å². The highest BCUT2D eigenvalue weighted by molar-refractivity contribution is 5.83. The van der Waals surface area contributed by atoms with Gasteiger partial charge in [-0.15, -0.1) is 0 Å². The number of fused-ring (bicyclic) bond motifs is 1. The van der Waals surface area contributed by atoms with Crippen molar-refractivity contribution in [1.82, 2.24) is 4.98 Å². The molecule has 0 saturated heterocycles. The number of rotatable bonds is 4. The van der Waals surface area contributed by atoms with Crippen LogP contribution in [0.4, 0.5) is 0 Å². The Bertz CT molecular complexity index is 519. The van der Waals surface area contributed by atoms with Crippen molar-refractivity contribution in [3.8, 4) is 0 Å². The molecule has 0 aliphatic carbocycles. The van der Waals surface area contributed by atoms with Gasteiger partial charge in [-0.25, -0.2) is 0 Å². The molecule has 0 aliphatic heterocycles. The lowest BCUT2D eigenvalue weighted by Gasteiger charge is -2.08. The normalized spacial score (nSPS) is 12.6. The Labute approximate surface area is 99.8 Å². The maximum absolute atomic E-state index is 11.2. The summed E-state index contributed by atoms with van der Waals surface area (Å²) in [6.07, 6.45) is 3.32. The van der Waals surface area contributed by atoms with E-state index in [9.17, 15) is 4.79 Å². The number of carbonyl (C=O) groups excluding carboxylic acids is 1. The number of H-pyrrole nitrogens is 1. The lowest BCUT2D eigenvalue weighted by molar-refractivity contribution is -0.142. The number of para-hydroxylation sites is 1. The summed E-state index contributed by atoms with van der Waals surface area (Å²) in [6, 6.07) is 7.53. The summed E-state index contributed by atoms with van der Waals surface area (Å²) < 4.78 is 4.60. The first-order valence-electron chi connectivity index (χ1n) is 5.61. The van der Waals surface area contributed by atoms with Gasteiger partial charge >= 0.3 is 5.97 Å². The molecule has 0 spiro atoms. The van der Waals surface area contributed by atoms with Crippen molar-refractivity contribution in [2.24, 2.45) is 5.73 Å². The van der Waals surface area contributed by atoms with E-state index in [2.05, 4.69) is 15.8 Å². The zero-order valence-electron chi connectivity index (χ0n) is 9.77. The molecule has 0 saturated carbocycles. The summed E-state index contributed by atoms with van der Waals surface area (Å²) in [4.78, 5) is 14.4. The van der Waals surface area contributed by atoms with Gasteiger partial charge in [-0.05, 0) is 24.5 Å². The summed E-state index contributed by atoms with van der Waals surface area (Å²) in [5, 5.41) is 1.18. The van der Waals surface area contributed by atoms with E-state index in [-0.39, 0.29) is 5.97 Å². The predicted octanol–water partition coefficient (Wildman–Crippen LogP) is 1.60.